The molecule has 16 heavy (non-hydrogen) atoms. The maximum atomic E-state index is 5.74. The molecular weight excluding hydrogens is 204 g/mol. The Bertz CT molecular complexity index is 316. The zero-order valence-electron chi connectivity index (χ0n) is 10.0. The van der Waals surface area contributed by atoms with Crippen LogP contribution < -0.4 is 15.2 Å². The van der Waals surface area contributed by atoms with E-state index in [0.29, 0.717) is 24.1 Å². The van der Waals surface area contributed by atoms with Crippen LogP contribution in [0.2, 0.25) is 0 Å². The summed E-state index contributed by atoms with van der Waals surface area (Å²) in [5.41, 5.74) is 6.29. The largest absolute Gasteiger partial charge is 0.481 e. The number of rotatable bonds is 7. The van der Waals surface area contributed by atoms with Crippen LogP contribution in [-0.4, -0.2) is 18.7 Å². The van der Waals surface area contributed by atoms with E-state index in [-0.39, 0.29) is 0 Å². The number of nitrogen functional groups attached to an aromatic ring is 1. The predicted molar refractivity (Wildman–Crippen MR) is 64.8 cm³/mol. The summed E-state index contributed by atoms with van der Waals surface area (Å²) in [5.74, 6) is 0.994. The molecule has 0 unspecified atom stereocenters. The SMILES string of the molecule is CCCCCCOc1nc(OC)ccc1N. The number of hydrogen-bond acceptors (Lipinski definition) is 4. The minimum absolute atomic E-state index is 0.468. The molecule has 0 aromatic carbocycles. The van der Waals surface area contributed by atoms with Gasteiger partial charge in [0, 0.05) is 6.07 Å². The van der Waals surface area contributed by atoms with Crippen LogP contribution in [0.25, 0.3) is 0 Å². The minimum atomic E-state index is 0.468. The highest BCUT2D eigenvalue weighted by Crippen LogP contribution is 2.22. The van der Waals surface area contributed by atoms with Crippen molar-refractivity contribution in [3.05, 3.63) is 12.1 Å². The van der Waals surface area contributed by atoms with Gasteiger partial charge in [-0.3, -0.25) is 0 Å². The molecule has 90 valence electrons. The Morgan fingerprint density at radius 2 is 2.06 bits per heavy atom. The Balaban J connectivity index is 2.40. The van der Waals surface area contributed by atoms with Gasteiger partial charge in [-0.15, -0.1) is 0 Å². The zero-order chi connectivity index (χ0) is 11.8. The maximum Gasteiger partial charge on any atom is 0.240 e. The number of nitrogens with zero attached hydrogens (tertiary/aromatic N) is 1. The molecule has 0 aliphatic carbocycles. The number of anilines is 1. The number of nitrogens with two attached hydrogens (primary N) is 1. The summed E-state index contributed by atoms with van der Waals surface area (Å²) in [6, 6.07) is 3.46. The molecule has 0 aliphatic heterocycles. The van der Waals surface area contributed by atoms with Gasteiger partial charge in [0.15, 0.2) is 0 Å². The average molecular weight is 224 g/mol. The summed E-state index contributed by atoms with van der Waals surface area (Å²) >= 11 is 0. The lowest BCUT2D eigenvalue weighted by molar-refractivity contribution is 0.289. The first-order chi connectivity index (χ1) is 7.77. The van der Waals surface area contributed by atoms with E-state index in [1.807, 2.05) is 0 Å². The summed E-state index contributed by atoms with van der Waals surface area (Å²) in [7, 11) is 1.57. The molecule has 0 radical (unpaired) electrons. The van der Waals surface area contributed by atoms with Crippen molar-refractivity contribution in [3.8, 4) is 11.8 Å². The topological polar surface area (TPSA) is 57.4 Å². The highest BCUT2D eigenvalue weighted by molar-refractivity contribution is 5.49. The normalized spacial score (nSPS) is 10.1. The third kappa shape index (κ3) is 3.96. The molecule has 0 bridgehead atoms. The molecule has 1 rings (SSSR count). The first-order valence-corrected chi connectivity index (χ1v) is 5.71. The van der Waals surface area contributed by atoms with Crippen LogP contribution in [0.15, 0.2) is 12.1 Å². The molecule has 1 aromatic heterocycles. The van der Waals surface area contributed by atoms with Crippen molar-refractivity contribution in [3.63, 3.8) is 0 Å². The maximum absolute atomic E-state index is 5.74. The van der Waals surface area contributed by atoms with Crippen LogP contribution in [0.5, 0.6) is 11.8 Å². The van der Waals surface area contributed by atoms with Crippen molar-refractivity contribution in [1.29, 1.82) is 0 Å². The number of pyridine rings is 1. The lowest BCUT2D eigenvalue weighted by Gasteiger charge is -2.08. The molecule has 0 fully saturated rings. The van der Waals surface area contributed by atoms with Gasteiger partial charge >= 0.3 is 0 Å². The van der Waals surface area contributed by atoms with Gasteiger partial charge in [0.25, 0.3) is 0 Å². The van der Waals surface area contributed by atoms with E-state index in [4.69, 9.17) is 15.2 Å². The summed E-state index contributed by atoms with van der Waals surface area (Å²) in [6.45, 7) is 2.84. The van der Waals surface area contributed by atoms with E-state index in [9.17, 15) is 0 Å². The Morgan fingerprint density at radius 1 is 1.25 bits per heavy atom. The fourth-order valence-electron chi connectivity index (χ4n) is 1.36. The number of unbranched alkanes of at least 4 members (excludes halogenated alkanes) is 3. The fourth-order valence-corrected chi connectivity index (χ4v) is 1.36. The summed E-state index contributed by atoms with van der Waals surface area (Å²) in [5, 5.41) is 0. The zero-order valence-corrected chi connectivity index (χ0v) is 10.0. The van der Waals surface area contributed by atoms with E-state index in [0.717, 1.165) is 6.42 Å². The van der Waals surface area contributed by atoms with E-state index in [1.54, 1.807) is 19.2 Å². The van der Waals surface area contributed by atoms with Crippen molar-refractivity contribution < 1.29 is 9.47 Å². The van der Waals surface area contributed by atoms with Gasteiger partial charge in [-0.1, -0.05) is 26.2 Å². The van der Waals surface area contributed by atoms with Crippen LogP contribution in [0.3, 0.4) is 0 Å². The smallest absolute Gasteiger partial charge is 0.240 e. The summed E-state index contributed by atoms with van der Waals surface area (Å²) in [6.07, 6.45) is 4.68. The Hall–Kier alpha value is -1.45. The van der Waals surface area contributed by atoms with Crippen LogP contribution in [0, 0.1) is 0 Å². The molecule has 0 spiro atoms. The molecular formula is C12H20N2O2. The molecule has 0 atom stereocenters. The van der Waals surface area contributed by atoms with Crippen molar-refractivity contribution in [2.45, 2.75) is 32.6 Å². The molecule has 0 saturated carbocycles. The molecule has 0 saturated heterocycles. The van der Waals surface area contributed by atoms with Gasteiger partial charge in [0.05, 0.1) is 19.4 Å². The first-order valence-electron chi connectivity index (χ1n) is 5.71. The first kappa shape index (κ1) is 12.6. The number of hydrogen-bond donors (Lipinski definition) is 1. The lowest BCUT2D eigenvalue weighted by atomic mass is 10.2. The number of methoxy groups -OCH3 is 1. The van der Waals surface area contributed by atoms with Gasteiger partial charge < -0.3 is 15.2 Å². The standard InChI is InChI=1S/C12H20N2O2/c1-3-4-5-6-9-16-12-10(13)7-8-11(14-12)15-2/h7-8H,3-6,9,13H2,1-2H3. The Morgan fingerprint density at radius 3 is 2.75 bits per heavy atom. The second-order valence-corrected chi connectivity index (χ2v) is 3.66. The van der Waals surface area contributed by atoms with E-state index in [2.05, 4.69) is 11.9 Å². The van der Waals surface area contributed by atoms with Gasteiger partial charge in [-0.05, 0) is 12.5 Å². The molecule has 0 amide bonds. The Kier molecular flexibility index (Phi) is 5.46. The van der Waals surface area contributed by atoms with Crippen molar-refractivity contribution >= 4 is 5.69 Å². The molecule has 2 N–H and O–H groups in total. The molecule has 4 heteroatoms. The third-order valence-corrected chi connectivity index (χ3v) is 2.31. The van der Waals surface area contributed by atoms with Crippen LogP contribution in [0.1, 0.15) is 32.6 Å². The van der Waals surface area contributed by atoms with Crippen LogP contribution in [-0.2, 0) is 0 Å². The van der Waals surface area contributed by atoms with Crippen molar-refractivity contribution in [1.82, 2.24) is 4.98 Å². The minimum Gasteiger partial charge on any atom is -0.481 e. The predicted octanol–water partition coefficient (Wildman–Crippen LogP) is 2.63. The summed E-state index contributed by atoms with van der Waals surface area (Å²) in [4.78, 5) is 4.14. The molecule has 0 aliphatic rings. The van der Waals surface area contributed by atoms with Gasteiger partial charge in [-0.25, -0.2) is 0 Å². The van der Waals surface area contributed by atoms with Crippen molar-refractivity contribution in [2.24, 2.45) is 0 Å². The molecule has 1 heterocycles. The summed E-state index contributed by atoms with van der Waals surface area (Å²) < 4.78 is 10.5. The van der Waals surface area contributed by atoms with E-state index >= 15 is 0 Å². The third-order valence-electron chi connectivity index (χ3n) is 2.31. The van der Waals surface area contributed by atoms with Gasteiger partial charge in [0.1, 0.15) is 0 Å². The van der Waals surface area contributed by atoms with Gasteiger partial charge in [0.2, 0.25) is 11.8 Å². The monoisotopic (exact) mass is 224 g/mol. The lowest BCUT2D eigenvalue weighted by Crippen LogP contribution is -2.03. The quantitative estimate of drug-likeness (QED) is 0.723. The average Bonchev–Trinajstić information content (AvgIpc) is 2.31. The van der Waals surface area contributed by atoms with Crippen molar-refractivity contribution in [2.75, 3.05) is 19.5 Å². The van der Waals surface area contributed by atoms with Crippen LogP contribution >= 0.6 is 0 Å². The van der Waals surface area contributed by atoms with E-state index < -0.39 is 0 Å². The Labute approximate surface area is 96.8 Å². The highest BCUT2D eigenvalue weighted by Gasteiger charge is 2.04. The second-order valence-electron chi connectivity index (χ2n) is 3.66. The van der Waals surface area contributed by atoms with E-state index in [1.165, 1.54) is 19.3 Å². The van der Waals surface area contributed by atoms with Gasteiger partial charge in [-0.2, -0.15) is 4.98 Å². The number of ether oxygens (including phenoxy) is 2. The molecule has 4 nitrogen and oxygen atoms in total. The van der Waals surface area contributed by atoms with Crippen LogP contribution in [0.4, 0.5) is 5.69 Å². The fraction of sp³-hybridized carbons (Fsp3) is 0.583. The second kappa shape index (κ2) is 6.93. The molecule has 1 aromatic rings. The highest BCUT2D eigenvalue weighted by atomic mass is 16.5. The number of aromatic nitrogens is 1.